The summed E-state index contributed by atoms with van der Waals surface area (Å²) < 4.78 is 39.8. The molecule has 0 aromatic heterocycles. The highest BCUT2D eigenvalue weighted by Crippen LogP contribution is 2.43. The van der Waals surface area contributed by atoms with Gasteiger partial charge in [-0.2, -0.15) is 0 Å². The number of esters is 3. The van der Waals surface area contributed by atoms with Crippen molar-refractivity contribution in [2.24, 2.45) is 0 Å². The second kappa shape index (κ2) is 63.0. The highest BCUT2D eigenvalue weighted by atomic mass is 31.2. The number of allylic oxidation sites excluding steroid dienone is 4. The molecule has 0 fully saturated rings. The molecule has 0 heterocycles. The van der Waals surface area contributed by atoms with Crippen LogP contribution in [0.15, 0.2) is 24.3 Å². The highest BCUT2D eigenvalue weighted by Gasteiger charge is 2.28. The Kier molecular flexibility index (Phi) is 61.4. The molecule has 0 saturated carbocycles. The van der Waals surface area contributed by atoms with Crippen molar-refractivity contribution in [3.8, 4) is 0 Å². The Morgan fingerprint density at radius 2 is 0.613 bits per heavy atom. The first-order valence-electron chi connectivity index (χ1n) is 34.2. The summed E-state index contributed by atoms with van der Waals surface area (Å²) in [6.07, 6.45) is 66.9. The van der Waals surface area contributed by atoms with Gasteiger partial charge in [0.15, 0.2) is 6.10 Å². The van der Waals surface area contributed by atoms with Crippen LogP contribution in [-0.4, -0.2) is 66.5 Å². The molecular formula is C68H129O11P. The fourth-order valence-electron chi connectivity index (χ4n) is 10.2. The zero-order valence-corrected chi connectivity index (χ0v) is 53.5. The zero-order chi connectivity index (χ0) is 58.3. The van der Waals surface area contributed by atoms with E-state index in [1.165, 1.54) is 225 Å². The van der Waals surface area contributed by atoms with E-state index in [0.717, 1.165) is 70.6 Å². The largest absolute Gasteiger partial charge is 0.472 e. The van der Waals surface area contributed by atoms with Crippen molar-refractivity contribution in [2.45, 2.75) is 367 Å². The summed E-state index contributed by atoms with van der Waals surface area (Å²) >= 11 is 0. The molecule has 0 aromatic rings. The maximum Gasteiger partial charge on any atom is 0.472 e. The number of hydrogen-bond donors (Lipinski definition) is 2. The third kappa shape index (κ3) is 60.5. The number of carbonyl (C=O) groups excluding carboxylic acids is 3. The van der Waals surface area contributed by atoms with Gasteiger partial charge < -0.3 is 24.2 Å². The van der Waals surface area contributed by atoms with Gasteiger partial charge >= 0.3 is 25.7 Å². The lowest BCUT2D eigenvalue weighted by Gasteiger charge is -2.21. The molecule has 0 aliphatic heterocycles. The molecule has 0 amide bonds. The van der Waals surface area contributed by atoms with Gasteiger partial charge in [-0.15, -0.1) is 0 Å². The minimum Gasteiger partial charge on any atom is -0.462 e. The molecule has 3 atom stereocenters. The summed E-state index contributed by atoms with van der Waals surface area (Å²) in [5.41, 5.74) is 0. The first-order valence-corrected chi connectivity index (χ1v) is 35.7. The van der Waals surface area contributed by atoms with E-state index in [-0.39, 0.29) is 25.9 Å². The molecule has 0 saturated heterocycles. The van der Waals surface area contributed by atoms with Crippen LogP contribution in [0.3, 0.4) is 0 Å². The normalized spacial score (nSPS) is 13.3. The number of rotatable bonds is 65. The average molecular weight is 1150 g/mol. The van der Waals surface area contributed by atoms with E-state index in [1.54, 1.807) is 0 Å². The van der Waals surface area contributed by atoms with E-state index in [2.05, 4.69) is 45.1 Å². The lowest BCUT2D eigenvalue weighted by atomic mass is 10.0. The van der Waals surface area contributed by atoms with Gasteiger partial charge in [0.1, 0.15) is 12.7 Å². The van der Waals surface area contributed by atoms with Crippen LogP contribution in [0.25, 0.3) is 0 Å². The molecule has 0 radical (unpaired) electrons. The first-order chi connectivity index (χ1) is 39.2. The highest BCUT2D eigenvalue weighted by molar-refractivity contribution is 7.47. The van der Waals surface area contributed by atoms with Gasteiger partial charge in [-0.3, -0.25) is 23.4 Å². The van der Waals surface area contributed by atoms with Crippen LogP contribution in [0.4, 0.5) is 0 Å². The molecule has 3 unspecified atom stereocenters. The maximum atomic E-state index is 13.0. The topological polar surface area (TPSA) is 155 Å². The van der Waals surface area contributed by atoms with Crippen molar-refractivity contribution in [3.05, 3.63) is 24.3 Å². The fraction of sp³-hybridized carbons (Fsp3) is 0.897. The molecule has 472 valence electrons. The number of carbonyl (C=O) groups is 3. The third-order valence-electron chi connectivity index (χ3n) is 15.4. The van der Waals surface area contributed by atoms with Crippen LogP contribution in [0.1, 0.15) is 355 Å². The minimum atomic E-state index is -4.75. The number of aliphatic hydroxyl groups excluding tert-OH is 1. The van der Waals surface area contributed by atoms with Crippen LogP contribution in [0, 0.1) is 0 Å². The molecule has 0 bridgehead atoms. The van der Waals surface area contributed by atoms with E-state index in [0.29, 0.717) is 19.3 Å². The van der Waals surface area contributed by atoms with Gasteiger partial charge in [0.05, 0.1) is 19.8 Å². The SMILES string of the molecule is CCCCC/C=C\C/C=C\CCCCCCCCCCCC(=O)OC(COC(=O)CCCCCCCCCCCCCCCCCCCCC)COP(=O)(O)OCC(CO)OC(=O)CCCCCCCCCCCCCCCCC. The van der Waals surface area contributed by atoms with E-state index >= 15 is 0 Å². The van der Waals surface area contributed by atoms with Gasteiger partial charge in [-0.05, 0) is 51.4 Å². The number of phosphoric acid groups is 1. The number of hydrogen-bond acceptors (Lipinski definition) is 10. The molecule has 11 nitrogen and oxygen atoms in total. The molecule has 0 aliphatic carbocycles. The Morgan fingerprint density at radius 3 is 0.950 bits per heavy atom. The van der Waals surface area contributed by atoms with Crippen LogP contribution in [0.5, 0.6) is 0 Å². The Labute approximate surface area is 493 Å². The lowest BCUT2D eigenvalue weighted by molar-refractivity contribution is -0.161. The van der Waals surface area contributed by atoms with Gasteiger partial charge in [0.2, 0.25) is 0 Å². The monoisotopic (exact) mass is 1150 g/mol. The average Bonchev–Trinajstić information content (AvgIpc) is 3.45. The van der Waals surface area contributed by atoms with E-state index in [4.69, 9.17) is 23.3 Å². The lowest BCUT2D eigenvalue weighted by Crippen LogP contribution is -2.30. The molecule has 0 spiro atoms. The first kappa shape index (κ1) is 78.0. The summed E-state index contributed by atoms with van der Waals surface area (Å²) in [6.45, 7) is 4.72. The third-order valence-corrected chi connectivity index (χ3v) is 16.3. The quantitative estimate of drug-likeness (QED) is 0.0197. The van der Waals surface area contributed by atoms with Crippen molar-refractivity contribution >= 4 is 25.7 Å². The second-order valence-electron chi connectivity index (χ2n) is 23.4. The van der Waals surface area contributed by atoms with Gasteiger partial charge in [0, 0.05) is 19.3 Å². The molecule has 12 heteroatoms. The molecule has 0 rings (SSSR count). The molecule has 0 aliphatic rings. The number of ether oxygens (including phenoxy) is 3. The Bertz CT molecular complexity index is 1440. The van der Waals surface area contributed by atoms with Crippen LogP contribution >= 0.6 is 7.82 Å². The molecule has 80 heavy (non-hydrogen) atoms. The summed E-state index contributed by atoms with van der Waals surface area (Å²) in [6, 6.07) is 0. The molecule has 0 aromatic carbocycles. The Morgan fingerprint density at radius 1 is 0.350 bits per heavy atom. The molecular weight excluding hydrogens is 1020 g/mol. The number of phosphoric ester groups is 1. The van der Waals surface area contributed by atoms with E-state index in [9.17, 15) is 28.9 Å². The van der Waals surface area contributed by atoms with Crippen molar-refractivity contribution < 1.29 is 52.2 Å². The van der Waals surface area contributed by atoms with Gasteiger partial charge in [-0.25, -0.2) is 4.57 Å². The van der Waals surface area contributed by atoms with Crippen LogP contribution < -0.4 is 0 Å². The minimum absolute atomic E-state index is 0.169. The van der Waals surface area contributed by atoms with Crippen LogP contribution in [0.2, 0.25) is 0 Å². The van der Waals surface area contributed by atoms with E-state index in [1.807, 2.05) is 0 Å². The smallest absolute Gasteiger partial charge is 0.462 e. The standard InChI is InChI=1S/C68H129O11P/c1-4-7-10-13-16-19-22-25-28-30-32-34-37-39-42-45-48-51-54-57-66(70)75-61-65(79-68(72)59-56-53-50-47-44-41-38-35-33-31-29-26-23-20-17-14-11-8-5-2)63-77-80(73,74)76-62-64(60-69)78-67(71)58-55-52-49-46-43-40-36-27-24-21-18-15-12-9-6-3/h17,20,26,29,64-65,69H,4-16,18-19,21-25,27-28,30-63H2,1-3H3,(H,73,74)/b20-17-,29-26-. The fourth-order valence-corrected chi connectivity index (χ4v) is 10.9. The zero-order valence-electron chi connectivity index (χ0n) is 52.6. The van der Waals surface area contributed by atoms with E-state index < -0.39 is 57.8 Å². The Balaban J connectivity index is 4.64. The number of unbranched alkanes of at least 4 members (excludes halogenated alkanes) is 44. The summed E-state index contributed by atoms with van der Waals surface area (Å²) in [7, 11) is -4.75. The summed E-state index contributed by atoms with van der Waals surface area (Å²) in [5.74, 6) is -1.43. The molecule has 2 N–H and O–H groups in total. The maximum absolute atomic E-state index is 13.0. The summed E-state index contributed by atoms with van der Waals surface area (Å²) in [5, 5.41) is 9.86. The predicted molar refractivity (Wildman–Crippen MR) is 335 cm³/mol. The van der Waals surface area contributed by atoms with Gasteiger partial charge in [-0.1, -0.05) is 308 Å². The van der Waals surface area contributed by atoms with Crippen molar-refractivity contribution in [3.63, 3.8) is 0 Å². The van der Waals surface area contributed by atoms with Crippen molar-refractivity contribution in [1.82, 2.24) is 0 Å². The van der Waals surface area contributed by atoms with Crippen LogP contribution in [-0.2, 0) is 42.2 Å². The van der Waals surface area contributed by atoms with Crippen molar-refractivity contribution in [1.29, 1.82) is 0 Å². The summed E-state index contributed by atoms with van der Waals surface area (Å²) in [4.78, 5) is 48.8. The Hall–Kier alpha value is -2.04. The van der Waals surface area contributed by atoms with Crippen molar-refractivity contribution in [2.75, 3.05) is 26.4 Å². The number of aliphatic hydroxyl groups is 1. The van der Waals surface area contributed by atoms with Gasteiger partial charge in [0.25, 0.3) is 0 Å². The second-order valence-corrected chi connectivity index (χ2v) is 24.8. The predicted octanol–water partition coefficient (Wildman–Crippen LogP) is 20.9.